The lowest BCUT2D eigenvalue weighted by Crippen LogP contribution is -2.54. The van der Waals surface area contributed by atoms with E-state index in [0.29, 0.717) is 11.6 Å². The van der Waals surface area contributed by atoms with Gasteiger partial charge in [0, 0.05) is 6.20 Å². The number of ether oxygens (including phenoxy) is 2. The number of benzene rings is 2. The number of carbonyl (C=O) groups excluding carboxylic acids is 1. The Hall–Kier alpha value is -3.27. The highest BCUT2D eigenvalue weighted by Gasteiger charge is 2.71. The lowest BCUT2D eigenvalue weighted by Gasteiger charge is -2.32. The topological polar surface area (TPSA) is 158 Å². The third-order valence-electron chi connectivity index (χ3n) is 6.50. The zero-order valence-corrected chi connectivity index (χ0v) is 24.9. The van der Waals surface area contributed by atoms with Gasteiger partial charge in [0.15, 0.2) is 11.7 Å². The van der Waals surface area contributed by atoms with E-state index in [-0.39, 0.29) is 10.3 Å². The summed E-state index contributed by atoms with van der Waals surface area (Å²) in [5.41, 5.74) is -6.27. The average Bonchev–Trinajstić information content (AvgIpc) is 3.15. The standard InChI is InChI=1S/C26H27ClF4N3O9P/c1-13(2)41-20(36)14(3)33-44(39,43-17-9-8-15-6-4-5-7-16(15)10-17)40-12-25(22(28)29)21(37)26(30,31)23(42-25)34-11-18(27)19(35)32-24(34)38/h4-11,13-14,21-23,37H,12H2,1-3H3,(H,33,39)(H,32,35,38). The second kappa shape index (κ2) is 12.6. The molecular weight excluding hydrogens is 641 g/mol. The second-order valence-corrected chi connectivity index (χ2v) is 12.3. The van der Waals surface area contributed by atoms with Crippen molar-refractivity contribution in [1.29, 1.82) is 0 Å². The van der Waals surface area contributed by atoms with E-state index in [0.717, 1.165) is 5.39 Å². The fourth-order valence-electron chi connectivity index (χ4n) is 4.30. The first kappa shape index (κ1) is 33.6. The van der Waals surface area contributed by atoms with Crippen molar-refractivity contribution in [3.63, 3.8) is 0 Å². The van der Waals surface area contributed by atoms with Crippen molar-refractivity contribution in [3.8, 4) is 5.75 Å². The average molecular weight is 668 g/mol. The quantitative estimate of drug-likeness (QED) is 0.155. The van der Waals surface area contributed by atoms with Crippen LogP contribution in [0.15, 0.2) is 58.3 Å². The lowest BCUT2D eigenvalue weighted by molar-refractivity contribution is -0.193. The molecule has 18 heteroatoms. The van der Waals surface area contributed by atoms with Gasteiger partial charge in [-0.05, 0) is 43.7 Å². The Labute approximate surface area is 251 Å². The van der Waals surface area contributed by atoms with Gasteiger partial charge in [-0.2, -0.15) is 13.9 Å². The molecule has 44 heavy (non-hydrogen) atoms. The number of fused-ring (bicyclic) bond motifs is 1. The second-order valence-electron chi connectivity index (χ2n) is 10.2. The Kier molecular flexibility index (Phi) is 9.64. The molecule has 4 rings (SSSR count). The van der Waals surface area contributed by atoms with Crippen LogP contribution in [0.3, 0.4) is 0 Å². The number of aromatic amines is 1. The number of carbonyl (C=O) groups is 1. The number of rotatable bonds is 11. The van der Waals surface area contributed by atoms with E-state index in [4.69, 9.17) is 30.1 Å². The molecule has 1 fully saturated rings. The minimum Gasteiger partial charge on any atom is -0.462 e. The van der Waals surface area contributed by atoms with Crippen molar-refractivity contribution >= 4 is 36.1 Å². The van der Waals surface area contributed by atoms with Crippen molar-refractivity contribution in [2.45, 2.75) is 63.2 Å². The molecule has 0 amide bonds. The van der Waals surface area contributed by atoms with Crippen LogP contribution in [0.4, 0.5) is 17.6 Å². The van der Waals surface area contributed by atoms with Gasteiger partial charge in [-0.15, -0.1) is 0 Å². The summed E-state index contributed by atoms with van der Waals surface area (Å²) in [4.78, 5) is 37.9. The van der Waals surface area contributed by atoms with E-state index in [2.05, 4.69) is 5.09 Å². The summed E-state index contributed by atoms with van der Waals surface area (Å²) in [6, 6.07) is 9.83. The predicted octanol–water partition coefficient (Wildman–Crippen LogP) is 4.01. The lowest BCUT2D eigenvalue weighted by atomic mass is 9.96. The van der Waals surface area contributed by atoms with Gasteiger partial charge in [-0.25, -0.2) is 18.1 Å². The molecule has 2 aromatic carbocycles. The number of H-pyrrole nitrogens is 1. The third-order valence-corrected chi connectivity index (χ3v) is 8.39. The summed E-state index contributed by atoms with van der Waals surface area (Å²) in [5.74, 6) is -5.66. The minimum absolute atomic E-state index is 0.0184. The summed E-state index contributed by atoms with van der Waals surface area (Å²) >= 11 is 5.63. The molecule has 0 aliphatic carbocycles. The summed E-state index contributed by atoms with van der Waals surface area (Å²) in [6.45, 7) is 2.57. The van der Waals surface area contributed by atoms with Crippen LogP contribution in [0.25, 0.3) is 10.8 Å². The Morgan fingerprint density at radius 2 is 1.84 bits per heavy atom. The van der Waals surface area contributed by atoms with E-state index in [1.165, 1.54) is 32.9 Å². The van der Waals surface area contributed by atoms with E-state index >= 15 is 8.78 Å². The number of nitrogens with zero attached hydrogens (tertiary/aromatic N) is 1. The molecule has 5 atom stereocenters. The fraction of sp³-hybridized carbons (Fsp3) is 0.423. The van der Waals surface area contributed by atoms with Gasteiger partial charge in [0.25, 0.3) is 12.0 Å². The highest BCUT2D eigenvalue weighted by molar-refractivity contribution is 7.52. The molecule has 0 saturated carbocycles. The molecule has 3 aromatic rings. The Morgan fingerprint density at radius 1 is 1.18 bits per heavy atom. The maximum absolute atomic E-state index is 15.3. The van der Waals surface area contributed by atoms with Crippen molar-refractivity contribution in [2.75, 3.05) is 6.61 Å². The summed E-state index contributed by atoms with van der Waals surface area (Å²) in [5, 5.41) is 13.3. The zero-order valence-electron chi connectivity index (χ0n) is 23.2. The third kappa shape index (κ3) is 6.70. The van der Waals surface area contributed by atoms with Gasteiger partial charge in [0.2, 0.25) is 6.23 Å². The number of alkyl halides is 4. The number of aliphatic hydroxyl groups is 1. The molecule has 1 saturated heterocycles. The zero-order chi connectivity index (χ0) is 32.6. The van der Waals surface area contributed by atoms with Crippen LogP contribution in [0.2, 0.25) is 5.02 Å². The highest BCUT2D eigenvalue weighted by Crippen LogP contribution is 2.53. The molecule has 3 N–H and O–H groups in total. The maximum Gasteiger partial charge on any atom is 0.459 e. The Balaban J connectivity index is 1.70. The van der Waals surface area contributed by atoms with Gasteiger partial charge in [-0.1, -0.05) is 41.9 Å². The molecule has 0 radical (unpaired) electrons. The molecule has 240 valence electrons. The summed E-state index contributed by atoms with van der Waals surface area (Å²) < 4.78 is 94.2. The number of hydrogen-bond acceptors (Lipinski definition) is 9. The largest absolute Gasteiger partial charge is 0.462 e. The molecule has 0 bridgehead atoms. The smallest absolute Gasteiger partial charge is 0.459 e. The predicted molar refractivity (Wildman–Crippen MR) is 148 cm³/mol. The van der Waals surface area contributed by atoms with E-state index in [9.17, 15) is 32.8 Å². The molecule has 12 nitrogen and oxygen atoms in total. The van der Waals surface area contributed by atoms with Crippen molar-refractivity contribution in [1.82, 2.24) is 14.6 Å². The Morgan fingerprint density at radius 3 is 2.48 bits per heavy atom. The molecule has 1 aliphatic heterocycles. The van der Waals surface area contributed by atoms with Crippen molar-refractivity contribution in [3.05, 3.63) is 74.5 Å². The van der Waals surface area contributed by atoms with Crippen molar-refractivity contribution < 1.29 is 50.5 Å². The summed E-state index contributed by atoms with van der Waals surface area (Å²) in [6.07, 6.45) is -10.4. The van der Waals surface area contributed by atoms with Crippen LogP contribution in [0, 0.1) is 0 Å². The first-order valence-electron chi connectivity index (χ1n) is 12.9. The normalized spacial score (nSPS) is 23.5. The van der Waals surface area contributed by atoms with Crippen LogP contribution in [0.5, 0.6) is 5.75 Å². The highest BCUT2D eigenvalue weighted by atomic mass is 35.5. The van der Waals surface area contributed by atoms with Gasteiger partial charge in [0.05, 0.1) is 12.7 Å². The van der Waals surface area contributed by atoms with Crippen LogP contribution in [0.1, 0.15) is 27.0 Å². The number of hydrogen-bond donors (Lipinski definition) is 3. The SMILES string of the molecule is CC(C)OC(=O)C(C)NP(=O)(OCC1(C(F)F)OC(n2cc(Cl)c(=O)[nH]c2=O)C(F)(F)C1O)Oc1ccc2ccccc2c1. The number of aliphatic hydroxyl groups excluding tert-OH is 1. The van der Waals surface area contributed by atoms with Crippen LogP contribution < -0.4 is 20.9 Å². The number of nitrogens with one attached hydrogen (secondary N) is 2. The number of halogens is 5. The first-order valence-corrected chi connectivity index (χ1v) is 14.9. The van der Waals surface area contributed by atoms with Gasteiger partial charge in [0.1, 0.15) is 16.8 Å². The van der Waals surface area contributed by atoms with Crippen LogP contribution in [-0.2, 0) is 23.4 Å². The van der Waals surface area contributed by atoms with E-state index in [1.807, 2.05) is 0 Å². The first-order chi connectivity index (χ1) is 20.5. The molecule has 5 unspecified atom stereocenters. The molecule has 1 aliphatic rings. The molecule has 2 heterocycles. The molecular formula is C26H27ClF4N3O9P. The molecule has 1 aromatic heterocycles. The Bertz CT molecular complexity index is 1700. The number of aromatic nitrogens is 2. The van der Waals surface area contributed by atoms with Crippen LogP contribution in [-0.4, -0.2) is 63.4 Å². The van der Waals surface area contributed by atoms with Gasteiger partial charge in [-0.3, -0.25) is 23.7 Å². The molecule has 0 spiro atoms. The van der Waals surface area contributed by atoms with Crippen molar-refractivity contribution in [2.24, 2.45) is 0 Å². The number of esters is 1. The minimum atomic E-state index is -4.95. The van der Waals surface area contributed by atoms with E-state index < -0.39 is 79.0 Å². The van der Waals surface area contributed by atoms with Crippen LogP contribution >= 0.6 is 19.3 Å². The van der Waals surface area contributed by atoms with Gasteiger partial charge < -0.3 is 19.1 Å². The van der Waals surface area contributed by atoms with Gasteiger partial charge >= 0.3 is 25.3 Å². The van der Waals surface area contributed by atoms with E-state index in [1.54, 1.807) is 35.3 Å². The maximum atomic E-state index is 15.3. The summed E-state index contributed by atoms with van der Waals surface area (Å²) in [7, 11) is -4.95. The monoisotopic (exact) mass is 667 g/mol. The fourth-order valence-corrected chi connectivity index (χ4v) is 5.97.